The number of carbonyl (C=O) groups is 1. The summed E-state index contributed by atoms with van der Waals surface area (Å²) in [6, 6.07) is 17.5. The molecule has 0 aliphatic rings. The molecule has 5 heteroatoms. The van der Waals surface area contributed by atoms with E-state index in [1.807, 2.05) is 31.2 Å². The summed E-state index contributed by atoms with van der Waals surface area (Å²) in [5.74, 6) is 0.0908. The summed E-state index contributed by atoms with van der Waals surface area (Å²) in [6.07, 6.45) is 2.46. The Hall–Kier alpha value is -3.21. The molecule has 0 fully saturated rings. The van der Waals surface area contributed by atoms with Crippen LogP contribution in [0.4, 0.5) is 15.9 Å². The summed E-state index contributed by atoms with van der Waals surface area (Å²) in [7, 11) is 0. The predicted octanol–water partition coefficient (Wildman–Crippen LogP) is 4.44. The summed E-state index contributed by atoms with van der Waals surface area (Å²) in [5, 5.41) is 6.05. The van der Waals surface area contributed by atoms with Crippen molar-refractivity contribution in [3.63, 3.8) is 0 Å². The van der Waals surface area contributed by atoms with Crippen LogP contribution in [0.3, 0.4) is 0 Å². The van der Waals surface area contributed by atoms with Crippen LogP contribution in [0.5, 0.6) is 0 Å². The van der Waals surface area contributed by atoms with Crippen LogP contribution in [0.2, 0.25) is 0 Å². The van der Waals surface area contributed by atoms with Gasteiger partial charge in [-0.25, -0.2) is 9.37 Å². The Bertz CT molecular complexity index is 877. The van der Waals surface area contributed by atoms with Gasteiger partial charge in [0, 0.05) is 12.1 Å². The first-order chi connectivity index (χ1) is 12.6. The number of nitrogens with zero attached hydrogens (tertiary/aromatic N) is 1. The molecular formula is C21H20FN3O. The SMILES string of the molecule is Cc1cccc(C(=O)Nc2ccc(NCCc3ccc(F)cc3)cn2)c1. The number of halogens is 1. The molecule has 0 aliphatic heterocycles. The summed E-state index contributed by atoms with van der Waals surface area (Å²) in [4.78, 5) is 16.5. The van der Waals surface area contributed by atoms with Crippen molar-refractivity contribution in [1.29, 1.82) is 0 Å². The van der Waals surface area contributed by atoms with Gasteiger partial charge in [0.05, 0.1) is 11.9 Å². The number of aryl methyl sites for hydroxylation is 1. The van der Waals surface area contributed by atoms with Gasteiger partial charge in [-0.1, -0.05) is 29.8 Å². The van der Waals surface area contributed by atoms with Crippen LogP contribution in [-0.2, 0) is 6.42 Å². The van der Waals surface area contributed by atoms with Crippen LogP contribution in [0.15, 0.2) is 66.9 Å². The third kappa shape index (κ3) is 4.89. The highest BCUT2D eigenvalue weighted by molar-refractivity contribution is 6.03. The zero-order valence-corrected chi connectivity index (χ0v) is 14.5. The third-order valence-electron chi connectivity index (χ3n) is 3.94. The van der Waals surface area contributed by atoms with Gasteiger partial charge in [0.1, 0.15) is 11.6 Å². The van der Waals surface area contributed by atoms with E-state index < -0.39 is 0 Å². The number of rotatable bonds is 6. The van der Waals surface area contributed by atoms with E-state index in [1.165, 1.54) is 12.1 Å². The molecule has 2 N–H and O–H groups in total. The highest BCUT2D eigenvalue weighted by atomic mass is 19.1. The maximum atomic E-state index is 12.9. The first-order valence-corrected chi connectivity index (χ1v) is 8.42. The molecule has 0 aliphatic carbocycles. The number of benzene rings is 2. The number of hydrogen-bond acceptors (Lipinski definition) is 3. The maximum absolute atomic E-state index is 12.9. The van der Waals surface area contributed by atoms with Gasteiger partial charge in [-0.15, -0.1) is 0 Å². The Labute approximate surface area is 152 Å². The fraction of sp³-hybridized carbons (Fsp3) is 0.143. The molecule has 0 saturated carbocycles. The maximum Gasteiger partial charge on any atom is 0.256 e. The zero-order valence-electron chi connectivity index (χ0n) is 14.5. The Morgan fingerprint density at radius 1 is 1.08 bits per heavy atom. The van der Waals surface area contributed by atoms with Gasteiger partial charge in [0.25, 0.3) is 5.91 Å². The van der Waals surface area contributed by atoms with Crippen molar-refractivity contribution in [2.75, 3.05) is 17.2 Å². The molecule has 3 aromatic rings. The molecule has 0 spiro atoms. The number of anilines is 2. The normalized spacial score (nSPS) is 10.4. The largest absolute Gasteiger partial charge is 0.383 e. The number of nitrogens with one attached hydrogen (secondary N) is 2. The van der Waals surface area contributed by atoms with Crippen molar-refractivity contribution in [3.05, 3.63) is 89.4 Å². The third-order valence-corrected chi connectivity index (χ3v) is 3.94. The number of aromatic nitrogens is 1. The molecule has 0 saturated heterocycles. The van der Waals surface area contributed by atoms with Gasteiger partial charge in [-0.2, -0.15) is 0 Å². The Morgan fingerprint density at radius 2 is 1.88 bits per heavy atom. The molecule has 4 nitrogen and oxygen atoms in total. The lowest BCUT2D eigenvalue weighted by Gasteiger charge is -2.08. The Morgan fingerprint density at radius 3 is 2.58 bits per heavy atom. The minimum Gasteiger partial charge on any atom is -0.383 e. The highest BCUT2D eigenvalue weighted by Crippen LogP contribution is 2.12. The summed E-state index contributed by atoms with van der Waals surface area (Å²) in [5.41, 5.74) is 3.56. The first kappa shape index (κ1) is 17.6. The average molecular weight is 349 g/mol. The van der Waals surface area contributed by atoms with Gasteiger partial charge in [0.15, 0.2) is 0 Å². The molecule has 1 heterocycles. The number of amides is 1. The monoisotopic (exact) mass is 349 g/mol. The lowest BCUT2D eigenvalue weighted by molar-refractivity contribution is 0.102. The molecule has 3 rings (SSSR count). The molecule has 0 radical (unpaired) electrons. The van der Waals surface area contributed by atoms with Crippen molar-refractivity contribution < 1.29 is 9.18 Å². The molecule has 0 atom stereocenters. The van der Waals surface area contributed by atoms with Crippen LogP contribution in [0, 0.1) is 12.7 Å². The van der Waals surface area contributed by atoms with Crippen LogP contribution >= 0.6 is 0 Å². The van der Waals surface area contributed by atoms with Gasteiger partial charge < -0.3 is 10.6 Å². The Kier molecular flexibility index (Phi) is 5.59. The number of hydrogen-bond donors (Lipinski definition) is 2. The molecular weight excluding hydrogens is 329 g/mol. The van der Waals surface area contributed by atoms with Crippen LogP contribution in [0.1, 0.15) is 21.5 Å². The standard InChI is InChI=1S/C21H20FN3O/c1-15-3-2-4-17(13-15)21(26)25-20-10-9-19(14-24-20)23-12-11-16-5-7-18(22)8-6-16/h2-10,13-14,23H,11-12H2,1H3,(H,24,25,26). The van der Waals surface area contributed by atoms with Gasteiger partial charge in [-0.05, 0) is 55.3 Å². The van der Waals surface area contributed by atoms with Gasteiger partial charge in [-0.3, -0.25) is 4.79 Å². The van der Waals surface area contributed by atoms with E-state index in [4.69, 9.17) is 0 Å². The van der Waals surface area contributed by atoms with E-state index in [0.717, 1.165) is 23.2 Å². The highest BCUT2D eigenvalue weighted by Gasteiger charge is 2.06. The molecule has 1 aromatic heterocycles. The van der Waals surface area contributed by atoms with Crippen LogP contribution in [0.25, 0.3) is 0 Å². The fourth-order valence-corrected chi connectivity index (χ4v) is 2.55. The minimum atomic E-state index is -0.228. The van der Waals surface area contributed by atoms with E-state index >= 15 is 0 Å². The van der Waals surface area contributed by atoms with E-state index in [2.05, 4.69) is 15.6 Å². The van der Waals surface area contributed by atoms with E-state index in [-0.39, 0.29) is 11.7 Å². The molecule has 0 unspecified atom stereocenters. The van der Waals surface area contributed by atoms with Gasteiger partial charge in [0.2, 0.25) is 0 Å². The second-order valence-electron chi connectivity index (χ2n) is 6.06. The van der Waals surface area contributed by atoms with Gasteiger partial charge >= 0.3 is 0 Å². The van der Waals surface area contributed by atoms with Crippen molar-refractivity contribution >= 4 is 17.4 Å². The second-order valence-corrected chi connectivity index (χ2v) is 6.06. The van der Waals surface area contributed by atoms with E-state index in [9.17, 15) is 9.18 Å². The molecule has 2 aromatic carbocycles. The number of pyridine rings is 1. The summed E-state index contributed by atoms with van der Waals surface area (Å²) < 4.78 is 12.9. The number of carbonyl (C=O) groups excluding carboxylic acids is 1. The van der Waals surface area contributed by atoms with Crippen LogP contribution < -0.4 is 10.6 Å². The quantitative estimate of drug-likeness (QED) is 0.692. The van der Waals surface area contributed by atoms with E-state index in [0.29, 0.717) is 17.9 Å². The lowest BCUT2D eigenvalue weighted by atomic mass is 10.1. The topological polar surface area (TPSA) is 54.0 Å². The van der Waals surface area contributed by atoms with Crippen molar-refractivity contribution in [3.8, 4) is 0 Å². The average Bonchev–Trinajstić information content (AvgIpc) is 2.65. The van der Waals surface area contributed by atoms with Crippen molar-refractivity contribution in [2.45, 2.75) is 13.3 Å². The first-order valence-electron chi connectivity index (χ1n) is 8.42. The molecule has 1 amide bonds. The fourth-order valence-electron chi connectivity index (χ4n) is 2.55. The minimum absolute atomic E-state index is 0.182. The zero-order chi connectivity index (χ0) is 18.4. The molecule has 132 valence electrons. The predicted molar refractivity (Wildman–Crippen MR) is 102 cm³/mol. The van der Waals surface area contributed by atoms with Crippen LogP contribution in [-0.4, -0.2) is 17.4 Å². The second kappa shape index (κ2) is 8.25. The Balaban J connectivity index is 1.51. The summed E-state index contributed by atoms with van der Waals surface area (Å²) >= 11 is 0. The summed E-state index contributed by atoms with van der Waals surface area (Å²) in [6.45, 7) is 2.66. The lowest BCUT2D eigenvalue weighted by Crippen LogP contribution is -2.13. The smallest absolute Gasteiger partial charge is 0.256 e. The molecule has 26 heavy (non-hydrogen) atoms. The van der Waals surface area contributed by atoms with Crippen molar-refractivity contribution in [2.24, 2.45) is 0 Å². The van der Waals surface area contributed by atoms with Crippen molar-refractivity contribution in [1.82, 2.24) is 4.98 Å². The molecule has 0 bridgehead atoms. The van der Waals surface area contributed by atoms with E-state index in [1.54, 1.807) is 30.5 Å².